The van der Waals surface area contributed by atoms with Gasteiger partial charge in [0.25, 0.3) is 5.69 Å². The largest absolute Gasteiger partial charge is 0.497 e. The maximum absolute atomic E-state index is 12.8. The van der Waals surface area contributed by atoms with Gasteiger partial charge in [-0.05, 0) is 49.1 Å². The molecular formula is C23H23N3O5. The number of nitrogens with zero attached hydrogens (tertiary/aromatic N) is 2. The molecular weight excluding hydrogens is 398 g/mol. The number of benzene rings is 2. The minimum absolute atomic E-state index is 0.170. The summed E-state index contributed by atoms with van der Waals surface area (Å²) in [6, 6.07) is 12.1. The van der Waals surface area contributed by atoms with Crippen LogP contribution in [-0.4, -0.2) is 30.4 Å². The smallest absolute Gasteiger partial charge is 0.294 e. The van der Waals surface area contributed by atoms with Crippen LogP contribution < -0.4 is 15.0 Å². The number of hydrogen-bond donors (Lipinski definition) is 1. The number of carbonyl (C=O) groups excluding carboxylic acids is 2. The molecule has 0 unspecified atom stereocenters. The van der Waals surface area contributed by atoms with Gasteiger partial charge < -0.3 is 10.1 Å². The van der Waals surface area contributed by atoms with Crippen LogP contribution in [0.4, 0.5) is 17.1 Å². The van der Waals surface area contributed by atoms with Gasteiger partial charge in [-0.2, -0.15) is 0 Å². The number of nitro groups is 1. The maximum atomic E-state index is 12.8. The van der Waals surface area contributed by atoms with Crippen LogP contribution in [0.5, 0.6) is 5.75 Å². The first-order valence-corrected chi connectivity index (χ1v) is 10.2. The SMILES string of the molecule is COc1cccc(CCNc2ccc(N3C(=O)[C@H]4CC=CC[C@H]4C3=O)cc2[N+](=O)[O-])c1. The number of rotatable bonds is 7. The standard InChI is InChI=1S/C23H23N3O5/c1-31-17-6-4-5-15(13-17)11-12-24-20-10-9-16(14-21(20)26(29)30)25-22(27)18-7-2-3-8-19(18)23(25)28/h2-6,9-10,13-14,18-19,24H,7-8,11-12H2,1H3/t18-,19+. The van der Waals surface area contributed by atoms with Crippen molar-refractivity contribution < 1.29 is 19.2 Å². The fourth-order valence-corrected chi connectivity index (χ4v) is 4.18. The Morgan fingerprint density at radius 2 is 1.81 bits per heavy atom. The highest BCUT2D eigenvalue weighted by Gasteiger charge is 2.48. The van der Waals surface area contributed by atoms with Crippen LogP contribution in [0.15, 0.2) is 54.6 Å². The Morgan fingerprint density at radius 3 is 2.45 bits per heavy atom. The lowest BCUT2D eigenvalue weighted by atomic mass is 9.85. The van der Waals surface area contributed by atoms with Crippen molar-refractivity contribution in [3.8, 4) is 5.75 Å². The second-order valence-electron chi connectivity index (χ2n) is 7.65. The summed E-state index contributed by atoms with van der Waals surface area (Å²) in [5.41, 5.74) is 1.46. The highest BCUT2D eigenvalue weighted by Crippen LogP contribution is 2.39. The molecule has 31 heavy (non-hydrogen) atoms. The van der Waals surface area contributed by atoms with Gasteiger partial charge in [0.1, 0.15) is 11.4 Å². The number of imide groups is 1. The van der Waals surface area contributed by atoms with Gasteiger partial charge in [0.2, 0.25) is 11.8 Å². The molecule has 8 heteroatoms. The lowest BCUT2D eigenvalue weighted by Crippen LogP contribution is -2.30. The van der Waals surface area contributed by atoms with E-state index in [1.807, 2.05) is 36.4 Å². The van der Waals surface area contributed by atoms with Gasteiger partial charge >= 0.3 is 0 Å². The van der Waals surface area contributed by atoms with Crippen molar-refractivity contribution in [1.29, 1.82) is 0 Å². The number of amides is 2. The number of methoxy groups -OCH3 is 1. The van der Waals surface area contributed by atoms with Crippen LogP contribution in [0.2, 0.25) is 0 Å². The Hall–Kier alpha value is -3.68. The zero-order valence-electron chi connectivity index (χ0n) is 17.1. The summed E-state index contributed by atoms with van der Waals surface area (Å²) >= 11 is 0. The van der Waals surface area contributed by atoms with E-state index in [-0.39, 0.29) is 35.0 Å². The van der Waals surface area contributed by atoms with E-state index < -0.39 is 4.92 Å². The topological polar surface area (TPSA) is 102 Å². The molecule has 0 aromatic heterocycles. The van der Waals surface area contributed by atoms with Crippen molar-refractivity contribution >= 4 is 28.9 Å². The van der Waals surface area contributed by atoms with Crippen molar-refractivity contribution in [2.45, 2.75) is 19.3 Å². The zero-order valence-corrected chi connectivity index (χ0v) is 17.1. The monoisotopic (exact) mass is 421 g/mol. The number of nitrogens with one attached hydrogen (secondary N) is 1. The van der Waals surface area contributed by atoms with Gasteiger partial charge in [0.15, 0.2) is 0 Å². The number of allylic oxidation sites excluding steroid dienone is 2. The fraction of sp³-hybridized carbons (Fsp3) is 0.304. The molecule has 160 valence electrons. The van der Waals surface area contributed by atoms with Crippen molar-refractivity contribution in [1.82, 2.24) is 0 Å². The second-order valence-corrected chi connectivity index (χ2v) is 7.65. The first kappa shape index (κ1) is 20.6. The maximum Gasteiger partial charge on any atom is 0.294 e. The number of anilines is 2. The third-order valence-corrected chi connectivity index (χ3v) is 5.81. The molecule has 1 saturated heterocycles. The highest BCUT2D eigenvalue weighted by molar-refractivity contribution is 6.22. The van der Waals surface area contributed by atoms with Crippen molar-refractivity contribution in [2.75, 3.05) is 23.9 Å². The highest BCUT2D eigenvalue weighted by atomic mass is 16.6. The van der Waals surface area contributed by atoms with E-state index in [9.17, 15) is 19.7 Å². The van der Waals surface area contributed by atoms with Crippen LogP contribution >= 0.6 is 0 Å². The van der Waals surface area contributed by atoms with E-state index in [0.717, 1.165) is 16.2 Å². The summed E-state index contributed by atoms with van der Waals surface area (Å²) in [6.45, 7) is 0.477. The molecule has 0 bridgehead atoms. The van der Waals surface area contributed by atoms with Crippen LogP contribution in [0.3, 0.4) is 0 Å². The molecule has 2 aliphatic rings. The molecule has 1 N–H and O–H groups in total. The Bertz CT molecular complexity index is 1040. The van der Waals surface area contributed by atoms with Gasteiger partial charge in [-0.15, -0.1) is 0 Å². The van der Waals surface area contributed by atoms with Gasteiger partial charge in [-0.1, -0.05) is 24.3 Å². The summed E-state index contributed by atoms with van der Waals surface area (Å²) in [7, 11) is 1.60. The molecule has 1 aliphatic carbocycles. The molecule has 8 nitrogen and oxygen atoms in total. The average molecular weight is 421 g/mol. The van der Waals surface area contributed by atoms with E-state index in [4.69, 9.17) is 4.74 Å². The minimum atomic E-state index is -0.503. The summed E-state index contributed by atoms with van der Waals surface area (Å²) in [6.07, 6.45) is 5.52. The third-order valence-electron chi connectivity index (χ3n) is 5.81. The van der Waals surface area contributed by atoms with Gasteiger partial charge in [-0.25, -0.2) is 4.90 Å². The molecule has 1 heterocycles. The van der Waals surface area contributed by atoms with Gasteiger partial charge in [0, 0.05) is 12.6 Å². The second kappa shape index (κ2) is 8.59. The Balaban J connectivity index is 1.51. The summed E-state index contributed by atoms with van der Waals surface area (Å²) in [5, 5.41) is 14.8. The lowest BCUT2D eigenvalue weighted by Gasteiger charge is -2.16. The molecule has 2 aromatic carbocycles. The normalized spacial score (nSPS) is 20.0. The summed E-state index contributed by atoms with van der Waals surface area (Å²) < 4.78 is 5.21. The van der Waals surface area contributed by atoms with Crippen LogP contribution in [0.1, 0.15) is 18.4 Å². The molecule has 4 rings (SSSR count). The molecule has 1 aliphatic heterocycles. The Morgan fingerprint density at radius 1 is 1.10 bits per heavy atom. The third kappa shape index (κ3) is 4.01. The number of ether oxygens (including phenoxy) is 1. The minimum Gasteiger partial charge on any atom is -0.497 e. The van der Waals surface area contributed by atoms with Crippen LogP contribution in [0, 0.1) is 22.0 Å². The van der Waals surface area contributed by atoms with Crippen molar-refractivity contribution in [3.63, 3.8) is 0 Å². The van der Waals surface area contributed by atoms with E-state index in [1.54, 1.807) is 19.2 Å². The predicted molar refractivity (Wildman–Crippen MR) is 116 cm³/mol. The predicted octanol–water partition coefficient (Wildman–Crippen LogP) is 3.71. The van der Waals surface area contributed by atoms with Crippen LogP contribution in [-0.2, 0) is 16.0 Å². The molecule has 2 amide bonds. The van der Waals surface area contributed by atoms with Gasteiger partial charge in [-0.3, -0.25) is 19.7 Å². The van der Waals surface area contributed by atoms with E-state index in [1.165, 1.54) is 6.07 Å². The van der Waals surface area contributed by atoms with E-state index in [0.29, 0.717) is 31.5 Å². The van der Waals surface area contributed by atoms with Gasteiger partial charge in [0.05, 0.1) is 29.6 Å². The molecule has 2 atom stereocenters. The lowest BCUT2D eigenvalue weighted by molar-refractivity contribution is -0.383. The number of nitro benzene ring substituents is 1. The first-order valence-electron chi connectivity index (χ1n) is 10.2. The van der Waals surface area contributed by atoms with Crippen molar-refractivity contribution in [2.24, 2.45) is 11.8 Å². The average Bonchev–Trinajstić information content (AvgIpc) is 3.04. The van der Waals surface area contributed by atoms with E-state index >= 15 is 0 Å². The number of carbonyl (C=O) groups is 2. The number of fused-ring (bicyclic) bond motifs is 1. The number of hydrogen-bond acceptors (Lipinski definition) is 6. The molecule has 0 radical (unpaired) electrons. The molecule has 2 aromatic rings. The first-order chi connectivity index (χ1) is 15.0. The molecule has 0 spiro atoms. The molecule has 0 saturated carbocycles. The fourth-order valence-electron chi connectivity index (χ4n) is 4.18. The van der Waals surface area contributed by atoms with Crippen LogP contribution in [0.25, 0.3) is 0 Å². The van der Waals surface area contributed by atoms with Crippen molar-refractivity contribution in [3.05, 3.63) is 70.3 Å². The Kier molecular flexibility index (Phi) is 5.70. The molecule has 1 fully saturated rings. The summed E-state index contributed by atoms with van der Waals surface area (Å²) in [5.74, 6) is -0.572. The van der Waals surface area contributed by atoms with E-state index in [2.05, 4.69) is 5.32 Å². The quantitative estimate of drug-likeness (QED) is 0.316. The zero-order chi connectivity index (χ0) is 22.0. The summed E-state index contributed by atoms with van der Waals surface area (Å²) in [4.78, 5) is 37.8. The Labute approximate surface area is 179 Å².